The number of nitrogens with zero attached hydrogens (tertiary/aromatic N) is 3. The smallest absolute Gasteiger partial charge is 0.120 e. The van der Waals surface area contributed by atoms with Gasteiger partial charge in [0.1, 0.15) is 11.8 Å². The highest BCUT2D eigenvalue weighted by Crippen LogP contribution is 2.30. The number of piperidine rings is 1. The molecule has 1 atom stereocenters. The van der Waals surface area contributed by atoms with Crippen molar-refractivity contribution in [2.75, 3.05) is 13.1 Å². The second-order valence-electron chi connectivity index (χ2n) is 6.74. The quantitative estimate of drug-likeness (QED) is 0.861. The Labute approximate surface area is 139 Å². The van der Waals surface area contributed by atoms with Crippen LogP contribution in [0.5, 0.6) is 0 Å². The molecule has 0 saturated carbocycles. The summed E-state index contributed by atoms with van der Waals surface area (Å²) in [4.78, 5) is 2.55. The molecule has 1 saturated heterocycles. The maximum Gasteiger partial charge on any atom is 0.120 e. The Morgan fingerprint density at radius 2 is 2.04 bits per heavy atom. The fourth-order valence-corrected chi connectivity index (χ4v) is 3.77. The minimum absolute atomic E-state index is 0.629. The first-order valence-corrected chi connectivity index (χ1v) is 8.43. The second kappa shape index (κ2) is 6.60. The summed E-state index contributed by atoms with van der Waals surface area (Å²) in [6.07, 6.45) is 2.52. The molecule has 0 aliphatic carbocycles. The van der Waals surface area contributed by atoms with Gasteiger partial charge in [-0.05, 0) is 61.9 Å². The zero-order valence-electron chi connectivity index (χ0n) is 14.3. The van der Waals surface area contributed by atoms with Crippen molar-refractivity contribution >= 4 is 0 Å². The van der Waals surface area contributed by atoms with Gasteiger partial charge in [-0.2, -0.15) is 5.26 Å². The summed E-state index contributed by atoms with van der Waals surface area (Å²) in [6.45, 7) is 7.54. The third-order valence-corrected chi connectivity index (χ3v) is 5.28. The fraction of sp³-hybridized carbons (Fsp3) is 0.450. The molecule has 23 heavy (non-hydrogen) atoms. The van der Waals surface area contributed by atoms with Crippen molar-refractivity contribution in [1.29, 1.82) is 5.26 Å². The summed E-state index contributed by atoms with van der Waals surface area (Å²) in [7, 11) is 1.98. The Kier molecular flexibility index (Phi) is 4.54. The number of aryl methyl sites for hydroxylation is 1. The Morgan fingerprint density at radius 1 is 1.26 bits per heavy atom. The summed E-state index contributed by atoms with van der Waals surface area (Å²) in [5, 5.41) is 9.20. The van der Waals surface area contributed by atoms with Crippen LogP contribution in [0.1, 0.15) is 46.8 Å². The standard InChI is InChI=1S/C20H25N3/c1-15-7-4-5-9-20(15)17-8-6-10-23(13-17)14-18-11-19(12-21)22(3)16(18)2/h4-5,7,9,11,17H,6,8,10,13-14H2,1-3H3/t17-/m1/s1. The topological polar surface area (TPSA) is 32.0 Å². The van der Waals surface area contributed by atoms with E-state index in [1.165, 1.54) is 35.2 Å². The number of aromatic nitrogens is 1. The summed E-state index contributed by atoms with van der Waals surface area (Å²) >= 11 is 0. The predicted octanol–water partition coefficient (Wildman–Crippen LogP) is 3.89. The zero-order chi connectivity index (χ0) is 16.4. The van der Waals surface area contributed by atoms with Crippen LogP contribution in [0.2, 0.25) is 0 Å². The van der Waals surface area contributed by atoms with Crippen molar-refractivity contribution in [1.82, 2.24) is 9.47 Å². The van der Waals surface area contributed by atoms with Crippen LogP contribution < -0.4 is 0 Å². The van der Waals surface area contributed by atoms with Gasteiger partial charge in [0, 0.05) is 25.8 Å². The van der Waals surface area contributed by atoms with Crippen LogP contribution in [-0.2, 0) is 13.6 Å². The SMILES string of the molecule is Cc1ccccc1[C@@H]1CCCN(Cc2cc(C#N)n(C)c2C)C1. The van der Waals surface area contributed by atoms with E-state index in [1.54, 1.807) is 0 Å². The highest BCUT2D eigenvalue weighted by Gasteiger charge is 2.23. The highest BCUT2D eigenvalue weighted by atomic mass is 15.1. The van der Waals surface area contributed by atoms with E-state index >= 15 is 0 Å². The van der Waals surface area contributed by atoms with E-state index in [4.69, 9.17) is 0 Å². The third-order valence-electron chi connectivity index (χ3n) is 5.28. The summed E-state index contributed by atoms with van der Waals surface area (Å²) in [5.41, 5.74) is 6.15. The minimum atomic E-state index is 0.629. The lowest BCUT2D eigenvalue weighted by Crippen LogP contribution is -2.34. The Hall–Kier alpha value is -2.05. The molecule has 3 nitrogen and oxygen atoms in total. The largest absolute Gasteiger partial charge is 0.340 e. The van der Waals surface area contributed by atoms with Gasteiger partial charge < -0.3 is 4.57 Å². The van der Waals surface area contributed by atoms with Crippen molar-refractivity contribution in [3.8, 4) is 6.07 Å². The maximum atomic E-state index is 9.20. The lowest BCUT2D eigenvalue weighted by Gasteiger charge is -2.33. The number of nitriles is 1. The molecule has 1 aliphatic heterocycles. The zero-order valence-corrected chi connectivity index (χ0v) is 14.3. The molecular formula is C20H25N3. The van der Waals surface area contributed by atoms with Gasteiger partial charge >= 0.3 is 0 Å². The molecule has 0 N–H and O–H groups in total. The lowest BCUT2D eigenvalue weighted by molar-refractivity contribution is 0.199. The summed E-state index contributed by atoms with van der Waals surface area (Å²) < 4.78 is 2.00. The summed E-state index contributed by atoms with van der Waals surface area (Å²) in [6, 6.07) is 13.1. The molecule has 0 radical (unpaired) electrons. The third kappa shape index (κ3) is 3.18. The molecule has 0 unspecified atom stereocenters. The van der Waals surface area contributed by atoms with Gasteiger partial charge in [0.25, 0.3) is 0 Å². The van der Waals surface area contributed by atoms with Gasteiger partial charge in [0.2, 0.25) is 0 Å². The van der Waals surface area contributed by atoms with E-state index in [9.17, 15) is 5.26 Å². The minimum Gasteiger partial charge on any atom is -0.340 e. The molecular weight excluding hydrogens is 282 g/mol. The van der Waals surface area contributed by atoms with Gasteiger partial charge in [-0.15, -0.1) is 0 Å². The van der Waals surface area contributed by atoms with Crippen molar-refractivity contribution in [3.63, 3.8) is 0 Å². The number of hydrogen-bond donors (Lipinski definition) is 0. The first-order valence-electron chi connectivity index (χ1n) is 8.43. The molecule has 2 aromatic rings. The van der Waals surface area contributed by atoms with Crippen molar-refractivity contribution in [2.45, 2.75) is 39.2 Å². The average molecular weight is 307 g/mol. The van der Waals surface area contributed by atoms with Crippen LogP contribution in [-0.4, -0.2) is 22.6 Å². The monoisotopic (exact) mass is 307 g/mol. The van der Waals surface area contributed by atoms with E-state index in [2.05, 4.69) is 49.1 Å². The van der Waals surface area contributed by atoms with Crippen LogP contribution in [0.4, 0.5) is 0 Å². The number of hydrogen-bond acceptors (Lipinski definition) is 2. The van der Waals surface area contributed by atoms with Gasteiger partial charge in [0.15, 0.2) is 0 Å². The van der Waals surface area contributed by atoms with Crippen LogP contribution in [0, 0.1) is 25.2 Å². The maximum absolute atomic E-state index is 9.20. The number of likely N-dealkylation sites (tertiary alicyclic amines) is 1. The van der Waals surface area contributed by atoms with Crippen LogP contribution in [0.15, 0.2) is 30.3 Å². The van der Waals surface area contributed by atoms with Crippen molar-refractivity contribution in [3.05, 3.63) is 58.4 Å². The Morgan fingerprint density at radius 3 is 2.74 bits per heavy atom. The van der Waals surface area contributed by atoms with Crippen LogP contribution in [0.25, 0.3) is 0 Å². The molecule has 0 bridgehead atoms. The Balaban J connectivity index is 1.75. The van der Waals surface area contributed by atoms with Crippen LogP contribution in [0.3, 0.4) is 0 Å². The van der Waals surface area contributed by atoms with E-state index < -0.39 is 0 Å². The van der Waals surface area contributed by atoms with Gasteiger partial charge in [-0.25, -0.2) is 0 Å². The summed E-state index contributed by atoms with van der Waals surface area (Å²) in [5.74, 6) is 0.629. The van der Waals surface area contributed by atoms with E-state index in [-0.39, 0.29) is 0 Å². The molecule has 0 spiro atoms. The van der Waals surface area contributed by atoms with E-state index in [1.807, 2.05) is 17.7 Å². The number of benzene rings is 1. The molecule has 1 aromatic carbocycles. The lowest BCUT2D eigenvalue weighted by atomic mass is 9.88. The fourth-order valence-electron chi connectivity index (χ4n) is 3.77. The molecule has 1 aromatic heterocycles. The highest BCUT2D eigenvalue weighted by molar-refractivity contribution is 5.34. The van der Waals surface area contributed by atoms with Gasteiger partial charge in [-0.3, -0.25) is 4.90 Å². The normalized spacial score (nSPS) is 18.8. The van der Waals surface area contributed by atoms with E-state index in [0.717, 1.165) is 25.3 Å². The molecule has 3 rings (SSSR count). The van der Waals surface area contributed by atoms with Crippen molar-refractivity contribution < 1.29 is 0 Å². The molecule has 2 heterocycles. The van der Waals surface area contributed by atoms with Crippen molar-refractivity contribution in [2.24, 2.45) is 7.05 Å². The number of rotatable bonds is 3. The average Bonchev–Trinajstić information content (AvgIpc) is 2.83. The molecule has 1 fully saturated rings. The van der Waals surface area contributed by atoms with Gasteiger partial charge in [0.05, 0.1) is 0 Å². The Bertz CT molecular complexity index is 736. The first kappa shape index (κ1) is 15.8. The molecule has 0 amide bonds. The van der Waals surface area contributed by atoms with Crippen LogP contribution >= 0.6 is 0 Å². The van der Waals surface area contributed by atoms with Gasteiger partial charge in [-0.1, -0.05) is 24.3 Å². The first-order chi connectivity index (χ1) is 11.1. The molecule has 1 aliphatic rings. The molecule has 120 valence electrons. The van der Waals surface area contributed by atoms with E-state index in [0.29, 0.717) is 5.92 Å². The molecule has 3 heteroatoms. The predicted molar refractivity (Wildman–Crippen MR) is 93.3 cm³/mol. The second-order valence-corrected chi connectivity index (χ2v) is 6.74.